The predicted molar refractivity (Wildman–Crippen MR) is 84.4 cm³/mol. The molecule has 0 spiro atoms. The van der Waals surface area contributed by atoms with Crippen LogP contribution in [0.2, 0.25) is 0 Å². The number of alkyl carbamates (subject to hydrolysis) is 1. The molecule has 1 amide bonds. The molecule has 1 aliphatic rings. The van der Waals surface area contributed by atoms with Crippen LogP contribution >= 0.6 is 0 Å². The van der Waals surface area contributed by atoms with Gasteiger partial charge in [-0.3, -0.25) is 0 Å². The minimum Gasteiger partial charge on any atom is -0.444 e. The molecule has 0 bridgehead atoms. The van der Waals surface area contributed by atoms with Gasteiger partial charge in [0.15, 0.2) is 0 Å². The van der Waals surface area contributed by atoms with Crippen molar-refractivity contribution in [3.8, 4) is 0 Å². The molecule has 0 radical (unpaired) electrons. The second-order valence-corrected chi connectivity index (χ2v) is 3.63. The normalized spacial score (nSPS) is 11.5. The van der Waals surface area contributed by atoms with Gasteiger partial charge in [0.2, 0.25) is 0 Å². The minimum atomic E-state index is -0.467. The van der Waals surface area contributed by atoms with Crippen molar-refractivity contribution in [3.63, 3.8) is 0 Å². The summed E-state index contributed by atoms with van der Waals surface area (Å²) < 4.78 is 15.3. The number of amides is 1. The van der Waals surface area contributed by atoms with Crippen LogP contribution < -0.4 is 5.32 Å². The first-order valence-corrected chi connectivity index (χ1v) is 7.26. The third kappa shape index (κ3) is 11.7. The second-order valence-electron chi connectivity index (χ2n) is 3.63. The lowest BCUT2D eigenvalue weighted by atomic mass is 10.2. The summed E-state index contributed by atoms with van der Waals surface area (Å²) in [6.07, 6.45) is 4.91. The van der Waals surface area contributed by atoms with Crippen LogP contribution in [-0.2, 0) is 14.2 Å². The molecule has 21 heavy (non-hydrogen) atoms. The van der Waals surface area contributed by atoms with Gasteiger partial charge in [-0.05, 0) is 19.1 Å². The summed E-state index contributed by atoms with van der Waals surface area (Å²) in [5, 5.41) is 2.59. The molecule has 0 saturated carbocycles. The average Bonchev–Trinajstić information content (AvgIpc) is 2.55. The molecule has 1 rings (SSSR count). The second kappa shape index (κ2) is 14.6. The van der Waals surface area contributed by atoms with E-state index in [1.807, 2.05) is 32.9 Å². The number of hydrogen-bond acceptors (Lipinski definition) is 4. The predicted octanol–water partition coefficient (Wildman–Crippen LogP) is 2.84. The van der Waals surface area contributed by atoms with Gasteiger partial charge in [0.05, 0.1) is 19.8 Å². The van der Waals surface area contributed by atoms with E-state index in [0.29, 0.717) is 33.0 Å². The van der Waals surface area contributed by atoms with Crippen LogP contribution in [0.3, 0.4) is 0 Å². The van der Waals surface area contributed by atoms with E-state index in [4.69, 9.17) is 14.2 Å². The molecule has 0 atom stereocenters. The summed E-state index contributed by atoms with van der Waals surface area (Å²) in [7, 11) is 0. The zero-order valence-corrected chi connectivity index (χ0v) is 13.1. The summed E-state index contributed by atoms with van der Waals surface area (Å²) in [6.45, 7) is 8.75. The molecule has 5 heteroatoms. The molecular weight excluding hydrogens is 270 g/mol. The molecular formula is C16H27NO4. The Morgan fingerprint density at radius 3 is 2.71 bits per heavy atom. The van der Waals surface area contributed by atoms with Crippen LogP contribution in [0.15, 0.2) is 35.3 Å². The Balaban J connectivity index is 0. The van der Waals surface area contributed by atoms with Gasteiger partial charge in [-0.15, -0.1) is 0 Å². The van der Waals surface area contributed by atoms with Crippen molar-refractivity contribution in [3.05, 3.63) is 35.3 Å². The van der Waals surface area contributed by atoms with E-state index in [1.54, 1.807) is 6.08 Å². The quantitative estimate of drug-likeness (QED) is 0.525. The monoisotopic (exact) mass is 297 g/mol. The first kappa shape index (κ1) is 19.2. The van der Waals surface area contributed by atoms with Gasteiger partial charge in [0, 0.05) is 20.2 Å². The minimum absolute atomic E-state index is 0. The third-order valence-corrected chi connectivity index (χ3v) is 2.16. The van der Waals surface area contributed by atoms with Crippen LogP contribution in [0.5, 0.6) is 0 Å². The van der Waals surface area contributed by atoms with Crippen molar-refractivity contribution in [2.24, 2.45) is 0 Å². The molecule has 1 N–H and O–H groups in total. The van der Waals surface area contributed by atoms with Gasteiger partial charge >= 0.3 is 6.09 Å². The highest BCUT2D eigenvalue weighted by atomic mass is 16.5. The Hall–Kier alpha value is -1.77. The fourth-order valence-electron chi connectivity index (χ4n) is 1.26. The maximum Gasteiger partial charge on any atom is 0.407 e. The molecule has 120 valence electrons. The fourth-order valence-corrected chi connectivity index (χ4v) is 1.26. The van der Waals surface area contributed by atoms with Crippen molar-refractivity contribution < 1.29 is 20.4 Å². The largest absolute Gasteiger partial charge is 0.444 e. The summed E-state index contributed by atoms with van der Waals surface area (Å²) in [6, 6.07) is 0. The zero-order chi connectivity index (χ0) is 15.8. The Morgan fingerprint density at radius 2 is 2.05 bits per heavy atom. The van der Waals surface area contributed by atoms with Gasteiger partial charge < -0.3 is 19.5 Å². The van der Waals surface area contributed by atoms with E-state index in [1.165, 1.54) is 0 Å². The maximum atomic E-state index is 11.3. The molecule has 0 aliphatic heterocycles. The number of carbonyl (C=O) groups excluding carboxylic acids is 1. The number of nitrogens with one attached hydrogen (secondary N) is 1. The van der Waals surface area contributed by atoms with Crippen LogP contribution in [0, 0.1) is 0 Å². The first-order chi connectivity index (χ1) is 10.3. The topological polar surface area (TPSA) is 56.8 Å². The number of ether oxygens (including phenoxy) is 3. The van der Waals surface area contributed by atoms with Crippen molar-refractivity contribution in [2.45, 2.75) is 20.8 Å². The fraction of sp³-hybridized carbons (Fsp3) is 0.562. The molecule has 0 heterocycles. The van der Waals surface area contributed by atoms with Crippen LogP contribution in [0.4, 0.5) is 4.79 Å². The number of allylic oxidation sites excluding steroid dienone is 2. The van der Waals surface area contributed by atoms with E-state index in [2.05, 4.69) is 16.8 Å². The van der Waals surface area contributed by atoms with Crippen molar-refractivity contribution in [1.29, 1.82) is 0 Å². The molecule has 0 aromatic heterocycles. The van der Waals surface area contributed by atoms with Gasteiger partial charge in [-0.2, -0.15) is 0 Å². The summed E-state index contributed by atoms with van der Waals surface area (Å²) in [4.78, 5) is 11.3. The first-order valence-electron chi connectivity index (χ1n) is 7.26. The molecule has 0 saturated heterocycles. The molecule has 0 aromatic carbocycles. The van der Waals surface area contributed by atoms with Gasteiger partial charge in [0.25, 0.3) is 0 Å². The Kier molecular flexibility index (Phi) is 13.4. The van der Waals surface area contributed by atoms with E-state index in [9.17, 15) is 4.79 Å². The molecule has 1 aliphatic carbocycles. The Bertz CT molecular complexity index is 408. The highest BCUT2D eigenvalue weighted by molar-refractivity contribution is 5.67. The highest BCUT2D eigenvalue weighted by Gasteiger charge is 2.02. The van der Waals surface area contributed by atoms with Gasteiger partial charge in [-0.1, -0.05) is 31.4 Å². The van der Waals surface area contributed by atoms with E-state index in [-0.39, 0.29) is 8.03 Å². The summed E-state index contributed by atoms with van der Waals surface area (Å²) in [5.74, 6) is 0. The average molecular weight is 297 g/mol. The summed E-state index contributed by atoms with van der Waals surface area (Å²) >= 11 is 0. The van der Waals surface area contributed by atoms with Crippen LogP contribution in [-0.4, -0.2) is 45.7 Å². The standard InChI is InChI=1S/C14H19NO4.C2H6.H2/c1-2-17-10-11-18-9-8-15-14(16)19-12-13-6-4-3-5-7-13;1-2;/h3-4,6H,2,8-12H2,1H3,(H,15,16);1-2H3;1H. The van der Waals surface area contributed by atoms with Gasteiger partial charge in [0.1, 0.15) is 6.61 Å². The number of rotatable bonds is 9. The lowest BCUT2D eigenvalue weighted by molar-refractivity contribution is 0.0535. The van der Waals surface area contributed by atoms with E-state index in [0.717, 1.165) is 5.57 Å². The molecule has 0 aromatic rings. The van der Waals surface area contributed by atoms with E-state index >= 15 is 0 Å². The SMILES string of the molecule is CC.CCOCCOCCNC(=O)OCC1=C=C=CC=C1.[HH]. The lowest BCUT2D eigenvalue weighted by Crippen LogP contribution is -2.28. The Morgan fingerprint density at radius 1 is 1.29 bits per heavy atom. The summed E-state index contributed by atoms with van der Waals surface area (Å²) in [5.41, 5.74) is 6.43. The van der Waals surface area contributed by atoms with Crippen LogP contribution in [0.25, 0.3) is 0 Å². The zero-order valence-electron chi connectivity index (χ0n) is 13.1. The van der Waals surface area contributed by atoms with Crippen molar-refractivity contribution in [2.75, 3.05) is 39.6 Å². The maximum absolute atomic E-state index is 11.3. The molecule has 5 nitrogen and oxygen atoms in total. The van der Waals surface area contributed by atoms with Crippen molar-refractivity contribution in [1.82, 2.24) is 5.32 Å². The van der Waals surface area contributed by atoms with Crippen LogP contribution in [0.1, 0.15) is 22.2 Å². The highest BCUT2D eigenvalue weighted by Crippen LogP contribution is 1.99. The molecule has 0 unspecified atom stereocenters. The lowest BCUT2D eigenvalue weighted by Gasteiger charge is -2.07. The molecule has 0 fully saturated rings. The number of carbonyl (C=O) groups is 1. The number of hydrogen-bond donors (Lipinski definition) is 1. The van der Waals surface area contributed by atoms with E-state index < -0.39 is 6.09 Å². The van der Waals surface area contributed by atoms with Gasteiger partial charge in [-0.25, -0.2) is 4.79 Å². The Labute approximate surface area is 128 Å². The third-order valence-electron chi connectivity index (χ3n) is 2.16. The van der Waals surface area contributed by atoms with Crippen molar-refractivity contribution >= 4 is 6.09 Å². The smallest absolute Gasteiger partial charge is 0.407 e.